The summed E-state index contributed by atoms with van der Waals surface area (Å²) in [5, 5.41) is 0.892. The number of hydrogen-bond acceptors (Lipinski definition) is 7. The minimum Gasteiger partial charge on any atom is -0.379 e. The summed E-state index contributed by atoms with van der Waals surface area (Å²) in [4.78, 5) is 22.1. The van der Waals surface area contributed by atoms with Gasteiger partial charge in [-0.3, -0.25) is 14.6 Å². The zero-order valence-electron chi connectivity index (χ0n) is 17.4. The van der Waals surface area contributed by atoms with Gasteiger partial charge < -0.3 is 4.74 Å². The third kappa shape index (κ3) is 5.59. The van der Waals surface area contributed by atoms with Gasteiger partial charge in [-0.15, -0.1) is 12.4 Å². The molecule has 0 unspecified atom stereocenters. The number of aromatic nitrogens is 1. The van der Waals surface area contributed by atoms with Gasteiger partial charge in [0.25, 0.3) is 5.91 Å². The number of hydrogen-bond donors (Lipinski definition) is 0. The molecule has 1 aliphatic rings. The first-order valence-electron chi connectivity index (χ1n) is 9.80. The quantitative estimate of drug-likeness (QED) is 0.497. The van der Waals surface area contributed by atoms with Crippen LogP contribution in [0.2, 0.25) is 5.02 Å². The number of amides is 1. The Hall–Kier alpha value is -1.75. The monoisotopic (exact) mass is 515 g/mol. The molecule has 4 rings (SSSR count). The van der Waals surface area contributed by atoms with Gasteiger partial charge in [-0.25, -0.2) is 13.4 Å². The summed E-state index contributed by atoms with van der Waals surface area (Å²) in [6.45, 7) is 4.08. The van der Waals surface area contributed by atoms with Crippen molar-refractivity contribution in [3.05, 3.63) is 53.1 Å². The number of rotatable bonds is 6. The van der Waals surface area contributed by atoms with Gasteiger partial charge in [-0.05, 0) is 30.3 Å². The summed E-state index contributed by atoms with van der Waals surface area (Å²) in [6, 6.07) is 11.7. The molecule has 1 amide bonds. The number of fused-ring (bicyclic) bond motifs is 1. The highest BCUT2D eigenvalue weighted by Crippen LogP contribution is 2.32. The molecule has 11 heteroatoms. The van der Waals surface area contributed by atoms with Gasteiger partial charge in [0.1, 0.15) is 0 Å². The van der Waals surface area contributed by atoms with Crippen LogP contribution in [0.15, 0.2) is 47.4 Å². The average Bonchev–Trinajstić information content (AvgIpc) is 3.17. The average molecular weight is 516 g/mol. The number of ether oxygens (including phenoxy) is 1. The number of morpholine rings is 1. The molecule has 0 spiro atoms. The molecule has 1 saturated heterocycles. The Kier molecular flexibility index (Phi) is 8.13. The van der Waals surface area contributed by atoms with Crippen LogP contribution in [0.3, 0.4) is 0 Å². The van der Waals surface area contributed by atoms with Gasteiger partial charge in [0.05, 0.1) is 38.9 Å². The molecule has 1 fully saturated rings. The van der Waals surface area contributed by atoms with E-state index in [1.165, 1.54) is 23.7 Å². The minimum absolute atomic E-state index is 0. The Bertz CT molecular complexity index is 1210. The van der Waals surface area contributed by atoms with E-state index in [9.17, 15) is 13.2 Å². The summed E-state index contributed by atoms with van der Waals surface area (Å²) in [5.74, 6) is -0.235. The van der Waals surface area contributed by atoms with E-state index in [0.717, 1.165) is 13.1 Å². The van der Waals surface area contributed by atoms with E-state index in [0.29, 0.717) is 52.2 Å². The van der Waals surface area contributed by atoms with E-state index in [1.54, 1.807) is 41.3 Å². The maximum absolute atomic E-state index is 13.4. The van der Waals surface area contributed by atoms with Crippen LogP contribution >= 0.6 is 35.3 Å². The number of thiazole rings is 1. The van der Waals surface area contributed by atoms with Crippen molar-refractivity contribution in [1.82, 2.24) is 9.88 Å². The molecule has 32 heavy (non-hydrogen) atoms. The van der Waals surface area contributed by atoms with E-state index in [4.69, 9.17) is 16.3 Å². The topological polar surface area (TPSA) is 79.8 Å². The number of carbonyl (C=O) groups excluding carboxylic acids is 1. The lowest BCUT2D eigenvalue weighted by Gasteiger charge is -2.29. The van der Waals surface area contributed by atoms with Crippen LogP contribution in [0, 0.1) is 0 Å². The maximum atomic E-state index is 13.4. The van der Waals surface area contributed by atoms with Gasteiger partial charge in [0.2, 0.25) is 0 Å². The number of carbonyl (C=O) groups is 1. The van der Waals surface area contributed by atoms with Crippen LogP contribution in [0.5, 0.6) is 0 Å². The normalized spacial score (nSPS) is 14.8. The molecule has 3 aromatic rings. The first-order chi connectivity index (χ1) is 14.8. The lowest BCUT2D eigenvalue weighted by atomic mass is 10.2. The SMILES string of the molecule is CS(=O)(=O)c1ccc2nc(N(CCN3CCOCC3)C(=O)c3ccccc3Cl)sc2c1.Cl. The van der Waals surface area contributed by atoms with E-state index in [1.807, 2.05) is 0 Å². The van der Waals surface area contributed by atoms with Crippen molar-refractivity contribution in [1.29, 1.82) is 0 Å². The number of benzene rings is 2. The highest BCUT2D eigenvalue weighted by atomic mass is 35.5. The van der Waals surface area contributed by atoms with Gasteiger partial charge in [-0.2, -0.15) is 0 Å². The lowest BCUT2D eigenvalue weighted by molar-refractivity contribution is 0.0391. The second kappa shape index (κ2) is 10.5. The predicted molar refractivity (Wildman–Crippen MR) is 130 cm³/mol. The lowest BCUT2D eigenvalue weighted by Crippen LogP contribution is -2.43. The summed E-state index contributed by atoms with van der Waals surface area (Å²) in [6.07, 6.45) is 1.17. The van der Waals surface area contributed by atoms with Crippen LogP contribution in [0.4, 0.5) is 5.13 Å². The molecule has 0 saturated carbocycles. The van der Waals surface area contributed by atoms with Gasteiger partial charge in [-0.1, -0.05) is 35.1 Å². The molecule has 1 aromatic heterocycles. The first-order valence-corrected chi connectivity index (χ1v) is 12.9. The second-order valence-corrected chi connectivity index (χ2v) is 10.7. The van der Waals surface area contributed by atoms with E-state index in [-0.39, 0.29) is 23.2 Å². The van der Waals surface area contributed by atoms with Crippen molar-refractivity contribution >= 4 is 66.4 Å². The van der Waals surface area contributed by atoms with Gasteiger partial charge >= 0.3 is 0 Å². The molecule has 0 atom stereocenters. The van der Waals surface area contributed by atoms with E-state index >= 15 is 0 Å². The van der Waals surface area contributed by atoms with Crippen LogP contribution in [0.25, 0.3) is 10.2 Å². The van der Waals surface area contributed by atoms with Crippen LogP contribution < -0.4 is 4.90 Å². The fourth-order valence-electron chi connectivity index (χ4n) is 3.37. The second-order valence-electron chi connectivity index (χ2n) is 7.29. The molecule has 0 radical (unpaired) electrons. The Morgan fingerprint density at radius 2 is 1.94 bits per heavy atom. The Morgan fingerprint density at radius 1 is 1.22 bits per heavy atom. The molecule has 172 valence electrons. The first kappa shape index (κ1) is 24.9. The van der Waals surface area contributed by atoms with Crippen LogP contribution in [-0.4, -0.2) is 69.9 Å². The smallest absolute Gasteiger partial charge is 0.261 e. The minimum atomic E-state index is -3.33. The third-order valence-electron chi connectivity index (χ3n) is 5.10. The van der Waals surface area contributed by atoms with Crippen molar-refractivity contribution in [2.24, 2.45) is 0 Å². The molecule has 2 heterocycles. The summed E-state index contributed by atoms with van der Waals surface area (Å²) in [7, 11) is -3.33. The molecule has 0 bridgehead atoms. The van der Waals surface area contributed by atoms with Crippen molar-refractivity contribution in [3.63, 3.8) is 0 Å². The van der Waals surface area contributed by atoms with Crippen LogP contribution in [0.1, 0.15) is 10.4 Å². The Morgan fingerprint density at radius 3 is 2.62 bits per heavy atom. The Balaban J connectivity index is 0.00000289. The number of anilines is 1. The summed E-state index contributed by atoms with van der Waals surface area (Å²) >= 11 is 7.59. The highest BCUT2D eigenvalue weighted by Gasteiger charge is 2.24. The zero-order valence-corrected chi connectivity index (χ0v) is 20.6. The molecular formula is C21H23Cl2N3O4S2. The maximum Gasteiger partial charge on any atom is 0.261 e. The fraction of sp³-hybridized carbons (Fsp3) is 0.333. The standard InChI is InChI=1S/C21H22ClN3O4S2.ClH/c1-31(27,28)15-6-7-18-19(14-15)30-21(23-18)25(9-8-24-10-12-29-13-11-24)20(26)16-4-2-3-5-17(16)22;/h2-7,14H,8-13H2,1H3;1H. The zero-order chi connectivity index (χ0) is 22.0. The fourth-order valence-corrected chi connectivity index (χ4v) is 5.34. The number of nitrogens with zero attached hydrogens (tertiary/aromatic N) is 3. The largest absolute Gasteiger partial charge is 0.379 e. The van der Waals surface area contributed by atoms with Crippen molar-refractivity contribution in [2.75, 3.05) is 50.5 Å². The third-order valence-corrected chi connectivity index (χ3v) is 7.58. The van der Waals surface area contributed by atoms with Crippen molar-refractivity contribution in [3.8, 4) is 0 Å². The highest BCUT2D eigenvalue weighted by molar-refractivity contribution is 7.90. The van der Waals surface area contributed by atoms with Crippen molar-refractivity contribution < 1.29 is 17.9 Å². The summed E-state index contributed by atoms with van der Waals surface area (Å²) in [5.41, 5.74) is 1.05. The van der Waals surface area contributed by atoms with Crippen LogP contribution in [-0.2, 0) is 14.6 Å². The van der Waals surface area contributed by atoms with E-state index < -0.39 is 9.84 Å². The molecule has 0 N–H and O–H groups in total. The molecule has 7 nitrogen and oxygen atoms in total. The van der Waals surface area contributed by atoms with E-state index in [2.05, 4.69) is 9.88 Å². The number of halogens is 2. The van der Waals surface area contributed by atoms with Crippen molar-refractivity contribution in [2.45, 2.75) is 4.90 Å². The molecular weight excluding hydrogens is 493 g/mol. The molecule has 1 aliphatic heterocycles. The van der Waals surface area contributed by atoms with Gasteiger partial charge in [0.15, 0.2) is 15.0 Å². The predicted octanol–water partition coefficient (Wildman–Crippen LogP) is 3.75. The molecule has 2 aromatic carbocycles. The molecule has 0 aliphatic carbocycles. The Labute approximate surface area is 202 Å². The number of sulfone groups is 1. The van der Waals surface area contributed by atoms with Gasteiger partial charge in [0, 0.05) is 32.4 Å². The summed E-state index contributed by atoms with van der Waals surface area (Å²) < 4.78 is 29.9.